The molecule has 3 rings (SSSR count). The van der Waals surface area contributed by atoms with Gasteiger partial charge in [-0.3, -0.25) is 4.79 Å². The van der Waals surface area contributed by atoms with Gasteiger partial charge in [0.05, 0.1) is 11.0 Å². The first-order valence-corrected chi connectivity index (χ1v) is 6.98. The Labute approximate surface area is 127 Å². The number of nitrogens with one attached hydrogen (secondary N) is 2. The molecule has 1 heterocycles. The lowest BCUT2D eigenvalue weighted by Crippen LogP contribution is -2.22. The van der Waals surface area contributed by atoms with Gasteiger partial charge in [0.15, 0.2) is 0 Å². The van der Waals surface area contributed by atoms with Crippen LogP contribution in [-0.2, 0) is 6.54 Å². The van der Waals surface area contributed by atoms with E-state index in [0.29, 0.717) is 17.1 Å². The highest BCUT2D eigenvalue weighted by molar-refractivity contribution is 6.30. The zero-order valence-corrected chi connectivity index (χ0v) is 12.2. The Morgan fingerprint density at radius 3 is 2.76 bits per heavy atom. The summed E-state index contributed by atoms with van der Waals surface area (Å²) in [5.41, 5.74) is 3.53. The number of rotatable bonds is 3. The molecule has 106 valence electrons. The van der Waals surface area contributed by atoms with Crippen molar-refractivity contribution in [2.75, 3.05) is 0 Å². The molecule has 3 aromatic rings. The molecule has 0 fully saturated rings. The summed E-state index contributed by atoms with van der Waals surface area (Å²) in [6, 6.07) is 12.7. The quantitative estimate of drug-likeness (QED) is 0.778. The van der Waals surface area contributed by atoms with Crippen LogP contribution in [-0.4, -0.2) is 15.9 Å². The minimum atomic E-state index is -0.118. The van der Waals surface area contributed by atoms with Crippen molar-refractivity contribution < 1.29 is 4.79 Å². The van der Waals surface area contributed by atoms with Gasteiger partial charge in [0.1, 0.15) is 5.82 Å². The Balaban J connectivity index is 1.70. The van der Waals surface area contributed by atoms with Gasteiger partial charge < -0.3 is 10.3 Å². The number of halogens is 1. The van der Waals surface area contributed by atoms with E-state index in [1.54, 1.807) is 24.3 Å². The zero-order valence-electron chi connectivity index (χ0n) is 11.5. The van der Waals surface area contributed by atoms with E-state index in [9.17, 15) is 4.79 Å². The van der Waals surface area contributed by atoms with Crippen LogP contribution in [0.4, 0.5) is 0 Å². The minimum absolute atomic E-state index is 0.118. The van der Waals surface area contributed by atoms with Crippen LogP contribution < -0.4 is 5.32 Å². The normalized spacial score (nSPS) is 10.8. The first-order chi connectivity index (χ1) is 10.1. The molecule has 0 saturated heterocycles. The summed E-state index contributed by atoms with van der Waals surface area (Å²) in [6.07, 6.45) is 0. The monoisotopic (exact) mass is 299 g/mol. The molecule has 1 amide bonds. The maximum absolute atomic E-state index is 12.0. The number of carbonyl (C=O) groups is 1. The molecule has 2 N–H and O–H groups in total. The molecule has 0 bridgehead atoms. The lowest BCUT2D eigenvalue weighted by molar-refractivity contribution is 0.0951. The summed E-state index contributed by atoms with van der Waals surface area (Å²) in [7, 11) is 0. The molecule has 4 nitrogen and oxygen atoms in total. The zero-order chi connectivity index (χ0) is 14.8. The molecule has 0 aliphatic heterocycles. The molecule has 0 aliphatic carbocycles. The van der Waals surface area contributed by atoms with Crippen LogP contribution in [0.5, 0.6) is 0 Å². The SMILES string of the molecule is Cc1nc2ccc(CNC(=O)c3ccc(Cl)cc3)cc2[nH]1. The van der Waals surface area contributed by atoms with E-state index >= 15 is 0 Å². The summed E-state index contributed by atoms with van der Waals surface area (Å²) < 4.78 is 0. The van der Waals surface area contributed by atoms with Gasteiger partial charge in [0.2, 0.25) is 0 Å². The van der Waals surface area contributed by atoms with E-state index in [-0.39, 0.29) is 5.91 Å². The van der Waals surface area contributed by atoms with Crippen molar-refractivity contribution in [1.82, 2.24) is 15.3 Å². The molecule has 0 atom stereocenters. The van der Waals surface area contributed by atoms with Gasteiger partial charge in [-0.15, -0.1) is 0 Å². The van der Waals surface area contributed by atoms with Gasteiger partial charge in [0, 0.05) is 17.1 Å². The molecule has 2 aromatic carbocycles. The second-order valence-corrected chi connectivity index (χ2v) is 5.30. The Kier molecular flexibility index (Phi) is 3.62. The van der Waals surface area contributed by atoms with Crippen LogP contribution in [0.1, 0.15) is 21.7 Å². The minimum Gasteiger partial charge on any atom is -0.348 e. The summed E-state index contributed by atoms with van der Waals surface area (Å²) in [5.74, 6) is 0.764. The maximum atomic E-state index is 12.0. The first-order valence-electron chi connectivity index (χ1n) is 6.61. The maximum Gasteiger partial charge on any atom is 0.251 e. The number of carbonyl (C=O) groups excluding carboxylic acids is 1. The Morgan fingerprint density at radius 2 is 2.00 bits per heavy atom. The third-order valence-electron chi connectivity index (χ3n) is 3.22. The number of aromatic nitrogens is 2. The highest BCUT2D eigenvalue weighted by atomic mass is 35.5. The fourth-order valence-electron chi connectivity index (χ4n) is 2.18. The van der Waals surface area contributed by atoms with Crippen LogP contribution in [0.25, 0.3) is 11.0 Å². The van der Waals surface area contributed by atoms with E-state index in [0.717, 1.165) is 22.4 Å². The molecule has 1 aromatic heterocycles. The molecule has 0 unspecified atom stereocenters. The van der Waals surface area contributed by atoms with Crippen molar-refractivity contribution in [3.05, 3.63) is 64.4 Å². The Hall–Kier alpha value is -2.33. The van der Waals surface area contributed by atoms with E-state index in [2.05, 4.69) is 15.3 Å². The third-order valence-corrected chi connectivity index (χ3v) is 3.48. The average molecular weight is 300 g/mol. The van der Waals surface area contributed by atoms with Gasteiger partial charge in [0.25, 0.3) is 5.91 Å². The summed E-state index contributed by atoms with van der Waals surface area (Å²) in [5, 5.41) is 3.51. The van der Waals surface area contributed by atoms with Crippen molar-refractivity contribution in [1.29, 1.82) is 0 Å². The van der Waals surface area contributed by atoms with E-state index in [4.69, 9.17) is 11.6 Å². The molecule has 5 heteroatoms. The number of aromatic amines is 1. The van der Waals surface area contributed by atoms with Crippen LogP contribution >= 0.6 is 11.6 Å². The molecule has 21 heavy (non-hydrogen) atoms. The van der Waals surface area contributed by atoms with Gasteiger partial charge >= 0.3 is 0 Å². The van der Waals surface area contributed by atoms with Crippen LogP contribution in [0.15, 0.2) is 42.5 Å². The second kappa shape index (κ2) is 5.58. The van der Waals surface area contributed by atoms with Crippen LogP contribution in [0.3, 0.4) is 0 Å². The van der Waals surface area contributed by atoms with Gasteiger partial charge in [-0.1, -0.05) is 17.7 Å². The van der Waals surface area contributed by atoms with Gasteiger partial charge in [-0.05, 0) is 48.9 Å². The molecule has 0 aliphatic rings. The van der Waals surface area contributed by atoms with Crippen molar-refractivity contribution in [3.8, 4) is 0 Å². The molecular weight excluding hydrogens is 286 g/mol. The van der Waals surface area contributed by atoms with Crippen LogP contribution in [0, 0.1) is 6.92 Å². The Morgan fingerprint density at radius 1 is 1.24 bits per heavy atom. The van der Waals surface area contributed by atoms with E-state index in [1.165, 1.54) is 0 Å². The number of amides is 1. The lowest BCUT2D eigenvalue weighted by atomic mass is 10.2. The van der Waals surface area contributed by atoms with Crippen molar-refractivity contribution in [2.24, 2.45) is 0 Å². The summed E-state index contributed by atoms with van der Waals surface area (Å²) >= 11 is 5.81. The van der Waals surface area contributed by atoms with Crippen molar-refractivity contribution in [3.63, 3.8) is 0 Å². The number of hydrogen-bond donors (Lipinski definition) is 2. The largest absolute Gasteiger partial charge is 0.348 e. The Bertz CT molecular complexity index is 793. The van der Waals surface area contributed by atoms with Crippen molar-refractivity contribution in [2.45, 2.75) is 13.5 Å². The standard InChI is InChI=1S/C16H14ClN3O/c1-10-19-14-7-2-11(8-15(14)20-10)9-18-16(21)12-3-5-13(17)6-4-12/h2-8H,9H2,1H3,(H,18,21)(H,19,20). The number of aryl methyl sites for hydroxylation is 1. The fourth-order valence-corrected chi connectivity index (χ4v) is 2.31. The molecule has 0 saturated carbocycles. The number of imidazole rings is 1. The highest BCUT2D eigenvalue weighted by Crippen LogP contribution is 2.14. The number of benzene rings is 2. The van der Waals surface area contributed by atoms with Gasteiger partial charge in [-0.2, -0.15) is 0 Å². The van der Waals surface area contributed by atoms with E-state index < -0.39 is 0 Å². The lowest BCUT2D eigenvalue weighted by Gasteiger charge is -2.05. The first kappa shape index (κ1) is 13.6. The topological polar surface area (TPSA) is 57.8 Å². The van der Waals surface area contributed by atoms with E-state index in [1.807, 2.05) is 25.1 Å². The number of hydrogen-bond acceptors (Lipinski definition) is 2. The number of nitrogens with zero attached hydrogens (tertiary/aromatic N) is 1. The van der Waals surface area contributed by atoms with Crippen LogP contribution in [0.2, 0.25) is 5.02 Å². The fraction of sp³-hybridized carbons (Fsp3) is 0.125. The van der Waals surface area contributed by atoms with Gasteiger partial charge in [-0.25, -0.2) is 4.98 Å². The number of H-pyrrole nitrogens is 1. The number of fused-ring (bicyclic) bond motifs is 1. The highest BCUT2D eigenvalue weighted by Gasteiger charge is 2.06. The second-order valence-electron chi connectivity index (χ2n) is 4.86. The van der Waals surface area contributed by atoms with Crippen molar-refractivity contribution >= 4 is 28.5 Å². The smallest absolute Gasteiger partial charge is 0.251 e. The summed E-state index contributed by atoms with van der Waals surface area (Å²) in [4.78, 5) is 19.6. The average Bonchev–Trinajstić information content (AvgIpc) is 2.84. The third kappa shape index (κ3) is 3.06. The predicted octanol–water partition coefficient (Wildman–Crippen LogP) is 3.45. The predicted molar refractivity (Wildman–Crippen MR) is 83.5 cm³/mol. The molecule has 0 radical (unpaired) electrons. The molecule has 0 spiro atoms. The molecular formula is C16H14ClN3O. The summed E-state index contributed by atoms with van der Waals surface area (Å²) in [6.45, 7) is 2.39.